The summed E-state index contributed by atoms with van der Waals surface area (Å²) in [5.41, 5.74) is 10.3. The molecule has 0 aromatic heterocycles. The van der Waals surface area contributed by atoms with Gasteiger partial charge in [-0.15, -0.1) is 0 Å². The van der Waals surface area contributed by atoms with Crippen molar-refractivity contribution in [2.45, 2.75) is 39.7 Å². The van der Waals surface area contributed by atoms with Crippen LogP contribution in [0.1, 0.15) is 49.5 Å². The summed E-state index contributed by atoms with van der Waals surface area (Å²) >= 11 is 0. The molecule has 1 amide bonds. The Morgan fingerprint density at radius 1 is 1.00 bits per heavy atom. The summed E-state index contributed by atoms with van der Waals surface area (Å²) in [6.45, 7) is 8.19. The van der Waals surface area contributed by atoms with Gasteiger partial charge in [-0.3, -0.25) is 4.79 Å². The molecule has 0 unspecified atom stereocenters. The maximum absolute atomic E-state index is 12.0. The van der Waals surface area contributed by atoms with Gasteiger partial charge in [-0.2, -0.15) is 0 Å². The fourth-order valence-corrected chi connectivity index (χ4v) is 2.27. The van der Waals surface area contributed by atoms with Crippen LogP contribution in [0.25, 0.3) is 0 Å². The molecule has 0 atom stereocenters. The van der Waals surface area contributed by atoms with Gasteiger partial charge in [0.15, 0.2) is 0 Å². The van der Waals surface area contributed by atoms with E-state index in [1.54, 1.807) is 12.1 Å². The van der Waals surface area contributed by atoms with E-state index >= 15 is 0 Å². The van der Waals surface area contributed by atoms with Gasteiger partial charge in [0.1, 0.15) is 0 Å². The van der Waals surface area contributed by atoms with E-state index in [0.29, 0.717) is 17.2 Å². The number of hydrogen-bond donors (Lipinski definition) is 3. The van der Waals surface area contributed by atoms with E-state index in [1.165, 1.54) is 5.56 Å². The molecule has 0 spiro atoms. The van der Waals surface area contributed by atoms with Gasteiger partial charge < -0.3 is 16.4 Å². The van der Waals surface area contributed by atoms with Crippen molar-refractivity contribution in [2.75, 3.05) is 11.1 Å². The van der Waals surface area contributed by atoms with Crippen molar-refractivity contribution in [2.24, 2.45) is 0 Å². The predicted molar refractivity (Wildman–Crippen MR) is 97.3 cm³/mol. The zero-order chi connectivity index (χ0) is 17.0. The van der Waals surface area contributed by atoms with Crippen molar-refractivity contribution in [3.05, 3.63) is 53.6 Å². The molecule has 122 valence electrons. The van der Waals surface area contributed by atoms with Gasteiger partial charge in [-0.1, -0.05) is 26.0 Å². The molecule has 2 rings (SSSR count). The molecule has 0 bridgehead atoms. The highest BCUT2D eigenvalue weighted by atomic mass is 16.1. The van der Waals surface area contributed by atoms with Crippen molar-refractivity contribution in [3.63, 3.8) is 0 Å². The number of carbonyl (C=O) groups excluding carboxylic acids is 1. The van der Waals surface area contributed by atoms with Gasteiger partial charge in [0.25, 0.3) is 5.91 Å². The zero-order valence-corrected chi connectivity index (χ0v) is 14.2. The molecule has 23 heavy (non-hydrogen) atoms. The van der Waals surface area contributed by atoms with Crippen LogP contribution in [-0.4, -0.2) is 11.9 Å². The van der Waals surface area contributed by atoms with Crippen LogP contribution < -0.4 is 16.4 Å². The lowest BCUT2D eigenvalue weighted by atomic mass is 10.0. The van der Waals surface area contributed by atoms with Crippen molar-refractivity contribution in [3.8, 4) is 0 Å². The summed E-state index contributed by atoms with van der Waals surface area (Å²) in [5, 5.41) is 6.15. The Balaban J connectivity index is 2.13. The maximum Gasteiger partial charge on any atom is 0.251 e. The minimum absolute atomic E-state index is 0.0981. The quantitative estimate of drug-likeness (QED) is 0.722. The van der Waals surface area contributed by atoms with Crippen molar-refractivity contribution < 1.29 is 4.79 Å². The van der Waals surface area contributed by atoms with Gasteiger partial charge in [0.05, 0.1) is 11.4 Å². The summed E-state index contributed by atoms with van der Waals surface area (Å²) in [6, 6.07) is 13.7. The second-order valence-electron chi connectivity index (χ2n) is 6.33. The second kappa shape index (κ2) is 7.18. The predicted octanol–water partition coefficient (Wildman–Crippen LogP) is 4.27. The van der Waals surface area contributed by atoms with E-state index in [2.05, 4.69) is 36.6 Å². The van der Waals surface area contributed by atoms with Crippen LogP contribution in [0, 0.1) is 0 Å². The fraction of sp³-hybridized carbons (Fsp3) is 0.316. The lowest BCUT2D eigenvalue weighted by Gasteiger charge is -2.13. The standard InChI is InChI=1S/C19H25N3O/c1-12(2)14-5-8-16(9-6-14)22-18-10-7-15(11-17(18)20)19(23)21-13(3)4/h5-13,22H,20H2,1-4H3,(H,21,23). The Bertz CT molecular complexity index is 676. The Hall–Kier alpha value is -2.49. The Labute approximate surface area is 138 Å². The normalized spacial score (nSPS) is 10.9. The minimum Gasteiger partial charge on any atom is -0.397 e. The first-order valence-corrected chi connectivity index (χ1v) is 7.94. The molecular weight excluding hydrogens is 286 g/mol. The first kappa shape index (κ1) is 16.9. The number of benzene rings is 2. The van der Waals surface area contributed by atoms with Crippen LogP contribution >= 0.6 is 0 Å². The Kier molecular flexibility index (Phi) is 5.27. The Morgan fingerprint density at radius 2 is 1.65 bits per heavy atom. The summed E-state index contributed by atoms with van der Waals surface area (Å²) < 4.78 is 0. The molecule has 0 aliphatic heterocycles. The monoisotopic (exact) mass is 311 g/mol. The van der Waals surface area contributed by atoms with E-state index in [4.69, 9.17) is 5.73 Å². The van der Waals surface area contributed by atoms with E-state index in [9.17, 15) is 4.79 Å². The molecule has 0 aliphatic rings. The second-order valence-corrected chi connectivity index (χ2v) is 6.33. The number of nitrogen functional groups attached to an aromatic ring is 1. The fourth-order valence-electron chi connectivity index (χ4n) is 2.27. The number of anilines is 3. The summed E-state index contributed by atoms with van der Waals surface area (Å²) in [5.74, 6) is 0.396. The smallest absolute Gasteiger partial charge is 0.251 e. The zero-order valence-electron chi connectivity index (χ0n) is 14.2. The number of rotatable bonds is 5. The molecule has 4 heteroatoms. The highest BCUT2D eigenvalue weighted by molar-refractivity contribution is 5.96. The van der Waals surface area contributed by atoms with E-state index < -0.39 is 0 Å². The summed E-state index contributed by atoms with van der Waals surface area (Å²) in [4.78, 5) is 12.0. The van der Waals surface area contributed by atoms with Crippen LogP contribution in [0.3, 0.4) is 0 Å². The lowest BCUT2D eigenvalue weighted by molar-refractivity contribution is 0.0943. The molecule has 4 N–H and O–H groups in total. The van der Waals surface area contributed by atoms with E-state index in [-0.39, 0.29) is 11.9 Å². The number of amides is 1. The number of nitrogens with one attached hydrogen (secondary N) is 2. The largest absolute Gasteiger partial charge is 0.397 e. The topological polar surface area (TPSA) is 67.2 Å². The molecular formula is C19H25N3O. The van der Waals surface area contributed by atoms with E-state index in [1.807, 2.05) is 32.0 Å². The number of carbonyl (C=O) groups is 1. The van der Waals surface area contributed by atoms with Gasteiger partial charge in [0, 0.05) is 17.3 Å². The molecule has 0 aliphatic carbocycles. The molecule has 4 nitrogen and oxygen atoms in total. The SMILES string of the molecule is CC(C)NC(=O)c1ccc(Nc2ccc(C(C)C)cc2)c(N)c1. The third kappa shape index (κ3) is 4.49. The number of nitrogens with two attached hydrogens (primary N) is 1. The molecule has 2 aromatic carbocycles. The van der Waals surface area contributed by atoms with Gasteiger partial charge in [0.2, 0.25) is 0 Å². The maximum atomic E-state index is 12.0. The highest BCUT2D eigenvalue weighted by Crippen LogP contribution is 2.25. The third-order valence-electron chi connectivity index (χ3n) is 3.59. The van der Waals surface area contributed by atoms with Crippen molar-refractivity contribution in [1.29, 1.82) is 0 Å². The van der Waals surface area contributed by atoms with Crippen LogP contribution in [0.4, 0.5) is 17.1 Å². The number of hydrogen-bond acceptors (Lipinski definition) is 3. The highest BCUT2D eigenvalue weighted by Gasteiger charge is 2.09. The molecule has 0 saturated heterocycles. The van der Waals surface area contributed by atoms with Crippen LogP contribution in [0.5, 0.6) is 0 Å². The van der Waals surface area contributed by atoms with Crippen LogP contribution in [-0.2, 0) is 0 Å². The van der Waals surface area contributed by atoms with Gasteiger partial charge >= 0.3 is 0 Å². The first-order valence-electron chi connectivity index (χ1n) is 7.94. The van der Waals surface area contributed by atoms with Crippen molar-refractivity contribution in [1.82, 2.24) is 5.32 Å². The first-order chi connectivity index (χ1) is 10.9. The molecule has 2 aromatic rings. The summed E-state index contributed by atoms with van der Waals surface area (Å²) in [7, 11) is 0. The van der Waals surface area contributed by atoms with Crippen LogP contribution in [0.15, 0.2) is 42.5 Å². The third-order valence-corrected chi connectivity index (χ3v) is 3.59. The van der Waals surface area contributed by atoms with Crippen molar-refractivity contribution >= 4 is 23.0 Å². The lowest BCUT2D eigenvalue weighted by Crippen LogP contribution is -2.30. The van der Waals surface area contributed by atoms with Gasteiger partial charge in [-0.05, 0) is 55.7 Å². The molecule has 0 heterocycles. The Morgan fingerprint density at radius 3 is 2.17 bits per heavy atom. The van der Waals surface area contributed by atoms with Crippen LogP contribution in [0.2, 0.25) is 0 Å². The van der Waals surface area contributed by atoms with E-state index in [0.717, 1.165) is 11.4 Å². The minimum atomic E-state index is -0.112. The summed E-state index contributed by atoms with van der Waals surface area (Å²) in [6.07, 6.45) is 0. The molecule has 0 saturated carbocycles. The average Bonchev–Trinajstić information content (AvgIpc) is 2.49. The average molecular weight is 311 g/mol. The van der Waals surface area contributed by atoms with Gasteiger partial charge in [-0.25, -0.2) is 0 Å². The molecule has 0 radical (unpaired) electrons. The molecule has 0 fully saturated rings.